The van der Waals surface area contributed by atoms with Gasteiger partial charge in [-0.15, -0.1) is 0 Å². The SMILES string of the molecule is COCC1(C(=O)NCc2cc(OC)c(OC)c(OC)c2)CCNCC1. The smallest absolute Gasteiger partial charge is 0.228 e. The van der Waals surface area contributed by atoms with Crippen LogP contribution in [0.25, 0.3) is 0 Å². The zero-order chi connectivity index (χ0) is 18.3. The Hall–Kier alpha value is -1.99. The van der Waals surface area contributed by atoms with Crippen LogP contribution in [0.15, 0.2) is 12.1 Å². The molecule has 1 fully saturated rings. The standard InChI is InChI=1S/C18H28N2O5/c1-22-12-18(5-7-19-8-6-18)17(21)20-11-13-9-14(23-2)16(25-4)15(10-13)24-3/h9-10,19H,5-8,11-12H2,1-4H3,(H,20,21). The first-order valence-electron chi connectivity index (χ1n) is 8.37. The molecule has 0 spiro atoms. The third-order valence-corrected chi connectivity index (χ3v) is 4.64. The molecular weight excluding hydrogens is 324 g/mol. The Morgan fingerprint density at radius 3 is 2.16 bits per heavy atom. The van der Waals surface area contributed by atoms with Crippen molar-refractivity contribution in [2.45, 2.75) is 19.4 Å². The van der Waals surface area contributed by atoms with E-state index in [2.05, 4.69) is 10.6 Å². The first kappa shape index (κ1) is 19.3. The number of methoxy groups -OCH3 is 4. The molecule has 0 aromatic heterocycles. The molecule has 0 atom stereocenters. The van der Waals surface area contributed by atoms with Crippen molar-refractivity contribution in [3.8, 4) is 17.2 Å². The quantitative estimate of drug-likeness (QED) is 0.735. The van der Waals surface area contributed by atoms with E-state index in [0.717, 1.165) is 31.5 Å². The molecule has 1 amide bonds. The number of carbonyl (C=O) groups excluding carboxylic acids is 1. The number of hydrogen-bond acceptors (Lipinski definition) is 6. The van der Waals surface area contributed by atoms with Crippen LogP contribution in [-0.4, -0.2) is 54.0 Å². The molecule has 0 radical (unpaired) electrons. The van der Waals surface area contributed by atoms with Crippen LogP contribution in [0.5, 0.6) is 17.2 Å². The normalized spacial score (nSPS) is 16.2. The summed E-state index contributed by atoms with van der Waals surface area (Å²) in [5, 5.41) is 6.32. The second-order valence-corrected chi connectivity index (χ2v) is 6.18. The van der Waals surface area contributed by atoms with Crippen LogP contribution < -0.4 is 24.8 Å². The highest BCUT2D eigenvalue weighted by Gasteiger charge is 2.39. The lowest BCUT2D eigenvalue weighted by atomic mass is 9.78. The average molecular weight is 352 g/mol. The Balaban J connectivity index is 2.12. The fourth-order valence-corrected chi connectivity index (χ4v) is 3.23. The molecule has 1 heterocycles. The van der Waals surface area contributed by atoms with Gasteiger partial charge in [-0.25, -0.2) is 0 Å². The van der Waals surface area contributed by atoms with Crippen LogP contribution in [0.3, 0.4) is 0 Å². The zero-order valence-corrected chi connectivity index (χ0v) is 15.4. The third kappa shape index (κ3) is 4.35. The lowest BCUT2D eigenvalue weighted by molar-refractivity contribution is -0.136. The van der Waals surface area contributed by atoms with Crippen molar-refractivity contribution in [3.63, 3.8) is 0 Å². The third-order valence-electron chi connectivity index (χ3n) is 4.64. The van der Waals surface area contributed by atoms with Crippen molar-refractivity contribution in [1.82, 2.24) is 10.6 Å². The molecule has 1 aliphatic heterocycles. The molecule has 1 aromatic rings. The van der Waals surface area contributed by atoms with Gasteiger partial charge in [-0.1, -0.05) is 0 Å². The van der Waals surface area contributed by atoms with Gasteiger partial charge in [-0.3, -0.25) is 4.79 Å². The maximum atomic E-state index is 12.8. The van der Waals surface area contributed by atoms with Crippen molar-refractivity contribution in [1.29, 1.82) is 0 Å². The maximum Gasteiger partial charge on any atom is 0.228 e. The van der Waals surface area contributed by atoms with E-state index in [-0.39, 0.29) is 5.91 Å². The number of nitrogens with one attached hydrogen (secondary N) is 2. The van der Waals surface area contributed by atoms with E-state index in [1.54, 1.807) is 28.4 Å². The van der Waals surface area contributed by atoms with Gasteiger partial charge in [0, 0.05) is 13.7 Å². The van der Waals surface area contributed by atoms with Crippen molar-refractivity contribution < 1.29 is 23.7 Å². The topological polar surface area (TPSA) is 78.1 Å². The van der Waals surface area contributed by atoms with Crippen molar-refractivity contribution in [2.24, 2.45) is 5.41 Å². The molecule has 0 bridgehead atoms. The number of benzene rings is 1. The predicted molar refractivity (Wildman–Crippen MR) is 94.4 cm³/mol. The Kier molecular flexibility index (Phi) is 6.90. The van der Waals surface area contributed by atoms with Gasteiger partial charge in [0.15, 0.2) is 11.5 Å². The van der Waals surface area contributed by atoms with Crippen LogP contribution in [0, 0.1) is 5.41 Å². The second kappa shape index (κ2) is 8.92. The molecule has 25 heavy (non-hydrogen) atoms. The Morgan fingerprint density at radius 1 is 1.08 bits per heavy atom. The van der Waals surface area contributed by atoms with E-state index in [1.165, 1.54) is 0 Å². The van der Waals surface area contributed by atoms with Crippen molar-refractivity contribution in [2.75, 3.05) is 48.1 Å². The number of amides is 1. The van der Waals surface area contributed by atoms with E-state index < -0.39 is 5.41 Å². The highest BCUT2D eigenvalue weighted by molar-refractivity contribution is 5.83. The summed E-state index contributed by atoms with van der Waals surface area (Å²) in [7, 11) is 6.34. The zero-order valence-electron chi connectivity index (χ0n) is 15.4. The van der Waals surface area contributed by atoms with Gasteiger partial charge in [0.05, 0.1) is 33.4 Å². The van der Waals surface area contributed by atoms with Gasteiger partial charge in [-0.05, 0) is 43.6 Å². The predicted octanol–water partition coefficient (Wildman–Crippen LogP) is 1.34. The molecule has 0 aliphatic carbocycles. The van der Waals surface area contributed by atoms with Crippen molar-refractivity contribution in [3.05, 3.63) is 17.7 Å². The number of hydrogen-bond donors (Lipinski definition) is 2. The van der Waals surface area contributed by atoms with E-state index in [4.69, 9.17) is 18.9 Å². The summed E-state index contributed by atoms with van der Waals surface area (Å²) in [6, 6.07) is 3.68. The second-order valence-electron chi connectivity index (χ2n) is 6.18. The summed E-state index contributed by atoms with van der Waals surface area (Å²) >= 11 is 0. The van der Waals surface area contributed by atoms with Crippen LogP contribution in [-0.2, 0) is 16.1 Å². The molecule has 7 heteroatoms. The number of piperidine rings is 1. The van der Waals surface area contributed by atoms with E-state index >= 15 is 0 Å². The summed E-state index contributed by atoms with van der Waals surface area (Å²) in [5.74, 6) is 1.69. The van der Waals surface area contributed by atoms with Crippen LogP contribution >= 0.6 is 0 Å². The first-order chi connectivity index (χ1) is 12.1. The van der Waals surface area contributed by atoms with Gasteiger partial charge in [-0.2, -0.15) is 0 Å². The Bertz CT molecular complexity index is 554. The highest BCUT2D eigenvalue weighted by atomic mass is 16.5. The monoisotopic (exact) mass is 352 g/mol. The average Bonchev–Trinajstić information content (AvgIpc) is 2.65. The van der Waals surface area contributed by atoms with Gasteiger partial charge in [0.2, 0.25) is 11.7 Å². The summed E-state index contributed by atoms with van der Waals surface area (Å²) in [6.45, 7) is 2.45. The van der Waals surface area contributed by atoms with E-state index in [0.29, 0.717) is 30.4 Å². The molecule has 2 rings (SSSR count). The fraction of sp³-hybridized carbons (Fsp3) is 0.611. The number of ether oxygens (including phenoxy) is 4. The summed E-state index contributed by atoms with van der Waals surface area (Å²) in [4.78, 5) is 12.8. The molecule has 1 aliphatic rings. The number of carbonyl (C=O) groups is 1. The molecular formula is C18H28N2O5. The molecule has 1 saturated heterocycles. The minimum Gasteiger partial charge on any atom is -0.493 e. The molecule has 1 aromatic carbocycles. The largest absolute Gasteiger partial charge is 0.493 e. The molecule has 140 valence electrons. The minimum absolute atomic E-state index is 0.0181. The van der Waals surface area contributed by atoms with Crippen LogP contribution in [0.1, 0.15) is 18.4 Å². The summed E-state index contributed by atoms with van der Waals surface area (Å²) in [5.41, 5.74) is 0.407. The molecule has 7 nitrogen and oxygen atoms in total. The summed E-state index contributed by atoms with van der Waals surface area (Å²) < 4.78 is 21.3. The van der Waals surface area contributed by atoms with Gasteiger partial charge in [0.25, 0.3) is 0 Å². The maximum absolute atomic E-state index is 12.8. The van der Waals surface area contributed by atoms with E-state index in [9.17, 15) is 4.79 Å². The minimum atomic E-state index is -0.472. The molecule has 0 unspecified atom stereocenters. The molecule has 2 N–H and O–H groups in total. The van der Waals surface area contributed by atoms with Crippen molar-refractivity contribution >= 4 is 5.91 Å². The van der Waals surface area contributed by atoms with Crippen LogP contribution in [0.4, 0.5) is 0 Å². The lowest BCUT2D eigenvalue weighted by Crippen LogP contribution is -2.49. The van der Waals surface area contributed by atoms with E-state index in [1.807, 2.05) is 12.1 Å². The van der Waals surface area contributed by atoms with Gasteiger partial charge >= 0.3 is 0 Å². The van der Waals surface area contributed by atoms with Crippen LogP contribution in [0.2, 0.25) is 0 Å². The highest BCUT2D eigenvalue weighted by Crippen LogP contribution is 2.38. The summed E-state index contributed by atoms with van der Waals surface area (Å²) in [6.07, 6.45) is 1.53. The van der Waals surface area contributed by atoms with Gasteiger partial charge < -0.3 is 29.6 Å². The lowest BCUT2D eigenvalue weighted by Gasteiger charge is -2.35. The fourth-order valence-electron chi connectivity index (χ4n) is 3.23. The Labute approximate surface area is 149 Å². The number of rotatable bonds is 8. The Morgan fingerprint density at radius 2 is 1.68 bits per heavy atom. The molecule has 0 saturated carbocycles. The van der Waals surface area contributed by atoms with Gasteiger partial charge in [0.1, 0.15) is 0 Å². The first-order valence-corrected chi connectivity index (χ1v) is 8.37.